The van der Waals surface area contributed by atoms with Gasteiger partial charge in [-0.15, -0.1) is 0 Å². The number of unbranched alkanes of at least 4 members (excludes halogenated alkanes) is 1. The number of rotatable bonds is 12. The quantitative estimate of drug-likeness (QED) is 0.302. The second kappa shape index (κ2) is 12.3. The summed E-state index contributed by atoms with van der Waals surface area (Å²) < 4.78 is 45.8. The number of benzene rings is 1. The van der Waals surface area contributed by atoms with Crippen LogP contribution in [0, 0.1) is 11.7 Å². The Balaban J connectivity index is 1.47. The number of aromatic nitrogens is 1. The molecule has 3 aromatic rings. The molecule has 0 aliphatic rings. The third-order valence-corrected chi connectivity index (χ3v) is 7.16. The number of sulfonamides is 1. The highest BCUT2D eigenvalue weighted by molar-refractivity contribution is 7.89. The molecule has 2 aromatic heterocycles. The van der Waals surface area contributed by atoms with Crippen LogP contribution in [0.4, 0.5) is 4.39 Å². The van der Waals surface area contributed by atoms with Gasteiger partial charge in [-0.3, -0.25) is 14.6 Å². The Morgan fingerprint density at radius 3 is 2.58 bits per heavy atom. The molecule has 0 saturated heterocycles. The normalized spacial score (nSPS) is 12.6. The molecule has 0 saturated carbocycles. The Bertz CT molecular complexity index is 1300. The Morgan fingerprint density at radius 2 is 1.89 bits per heavy atom. The summed E-state index contributed by atoms with van der Waals surface area (Å²) in [5.74, 6) is -1.27. The zero-order valence-electron chi connectivity index (χ0n) is 19.9. The van der Waals surface area contributed by atoms with E-state index in [4.69, 9.17) is 16.0 Å². The molecule has 0 aliphatic carbocycles. The van der Waals surface area contributed by atoms with Crippen LogP contribution in [0.3, 0.4) is 0 Å². The molecule has 3 rings (SSSR count). The molecular weight excluding hydrogens is 511 g/mol. The molecule has 194 valence electrons. The molecule has 0 fully saturated rings. The van der Waals surface area contributed by atoms with Gasteiger partial charge in [0.05, 0.1) is 5.02 Å². The van der Waals surface area contributed by atoms with Gasteiger partial charge in [-0.1, -0.05) is 25.4 Å². The predicted molar refractivity (Wildman–Crippen MR) is 134 cm³/mol. The Morgan fingerprint density at radius 1 is 1.14 bits per heavy atom. The van der Waals surface area contributed by atoms with Crippen molar-refractivity contribution in [3.8, 4) is 0 Å². The maximum atomic E-state index is 13.2. The number of nitrogens with zero attached hydrogens (tertiary/aromatic N) is 1. The second-order valence-corrected chi connectivity index (χ2v) is 10.8. The minimum Gasteiger partial charge on any atom is -0.449 e. The van der Waals surface area contributed by atoms with Crippen LogP contribution in [0.25, 0.3) is 11.1 Å². The van der Waals surface area contributed by atoms with E-state index in [1.54, 1.807) is 18.3 Å². The first kappa shape index (κ1) is 27.6. The molecule has 1 aromatic carbocycles. The van der Waals surface area contributed by atoms with Crippen LogP contribution in [0.2, 0.25) is 5.02 Å². The van der Waals surface area contributed by atoms with E-state index in [1.807, 2.05) is 13.8 Å². The van der Waals surface area contributed by atoms with Gasteiger partial charge < -0.3 is 15.1 Å². The molecule has 0 spiro atoms. The van der Waals surface area contributed by atoms with E-state index in [0.29, 0.717) is 30.4 Å². The van der Waals surface area contributed by atoms with E-state index in [-0.39, 0.29) is 40.6 Å². The largest absolute Gasteiger partial charge is 0.449 e. The van der Waals surface area contributed by atoms with Gasteiger partial charge in [0.1, 0.15) is 22.3 Å². The van der Waals surface area contributed by atoms with Crippen molar-refractivity contribution in [2.24, 2.45) is 5.92 Å². The Kier molecular flexibility index (Phi) is 9.41. The summed E-state index contributed by atoms with van der Waals surface area (Å²) in [6.07, 6.45) is 2.94. The van der Waals surface area contributed by atoms with Crippen LogP contribution in [-0.2, 0) is 14.8 Å². The first-order chi connectivity index (χ1) is 17.1. The topological polar surface area (TPSA) is 130 Å². The number of pyridine rings is 1. The molecule has 12 heteroatoms. The second-order valence-electron chi connectivity index (χ2n) is 8.62. The first-order valence-electron chi connectivity index (χ1n) is 11.4. The molecule has 0 aliphatic heterocycles. The average Bonchev–Trinajstić information content (AvgIpc) is 3.24. The third kappa shape index (κ3) is 7.49. The standard InChI is InChI=1S/C24H28ClFN4O5S/c1-15(2)12-19(30-24(32)21-14-18-20(35-21)6-5-10-27-18)23(31)28-9-3-4-11-29-36(33,34)22-8-7-16(26)13-17(22)25/h5-8,10,13-15,19,29H,3-4,9,11-12H2,1-2H3,(H,28,31)(H,30,32)/t19-/m0/s1. The third-order valence-electron chi connectivity index (χ3n) is 5.22. The number of halogens is 2. The lowest BCUT2D eigenvalue weighted by Crippen LogP contribution is -2.47. The molecule has 2 amide bonds. The van der Waals surface area contributed by atoms with Crippen molar-refractivity contribution < 1.29 is 26.8 Å². The van der Waals surface area contributed by atoms with E-state index in [2.05, 4.69) is 20.3 Å². The minimum absolute atomic E-state index is 0.0683. The van der Waals surface area contributed by atoms with Crippen LogP contribution in [0.1, 0.15) is 43.7 Å². The van der Waals surface area contributed by atoms with Gasteiger partial charge in [0.25, 0.3) is 5.91 Å². The first-order valence-corrected chi connectivity index (χ1v) is 13.3. The lowest BCUT2D eigenvalue weighted by molar-refractivity contribution is -0.123. The number of nitrogens with one attached hydrogen (secondary N) is 3. The van der Waals surface area contributed by atoms with Gasteiger partial charge in [-0.25, -0.2) is 17.5 Å². The Hall–Kier alpha value is -3.02. The van der Waals surface area contributed by atoms with Crippen molar-refractivity contribution in [1.29, 1.82) is 0 Å². The summed E-state index contributed by atoms with van der Waals surface area (Å²) >= 11 is 5.83. The van der Waals surface area contributed by atoms with Crippen LogP contribution in [0.5, 0.6) is 0 Å². The molecule has 2 heterocycles. The van der Waals surface area contributed by atoms with Gasteiger partial charge in [-0.2, -0.15) is 0 Å². The molecule has 0 bridgehead atoms. The summed E-state index contributed by atoms with van der Waals surface area (Å²) in [4.78, 5) is 29.3. The predicted octanol–water partition coefficient (Wildman–Crippen LogP) is 3.64. The Labute approximate surface area is 213 Å². The summed E-state index contributed by atoms with van der Waals surface area (Å²) in [5, 5.41) is 5.30. The lowest BCUT2D eigenvalue weighted by atomic mass is 10.0. The summed E-state index contributed by atoms with van der Waals surface area (Å²) in [7, 11) is -3.88. The average molecular weight is 539 g/mol. The van der Waals surface area contributed by atoms with E-state index < -0.39 is 27.8 Å². The number of amides is 2. The fourth-order valence-corrected chi connectivity index (χ4v) is 5.08. The number of hydrogen-bond acceptors (Lipinski definition) is 6. The van der Waals surface area contributed by atoms with Gasteiger partial charge in [-0.05, 0) is 55.5 Å². The minimum atomic E-state index is -3.88. The van der Waals surface area contributed by atoms with Gasteiger partial charge in [0.2, 0.25) is 15.9 Å². The highest BCUT2D eigenvalue weighted by Crippen LogP contribution is 2.22. The SMILES string of the molecule is CC(C)C[C@H](NC(=O)c1cc2ncccc2o1)C(=O)NCCCCNS(=O)(=O)c1ccc(F)cc1Cl. The molecule has 1 atom stereocenters. The fourth-order valence-electron chi connectivity index (χ4n) is 3.48. The van der Waals surface area contributed by atoms with Crippen molar-refractivity contribution in [1.82, 2.24) is 20.3 Å². The number of hydrogen-bond donors (Lipinski definition) is 3. The van der Waals surface area contributed by atoms with Gasteiger partial charge in [0, 0.05) is 25.4 Å². The van der Waals surface area contributed by atoms with Crippen LogP contribution in [-0.4, -0.2) is 44.3 Å². The molecule has 0 radical (unpaired) electrons. The molecule has 0 unspecified atom stereocenters. The van der Waals surface area contributed by atoms with E-state index in [9.17, 15) is 22.4 Å². The molecule has 3 N–H and O–H groups in total. The van der Waals surface area contributed by atoms with E-state index in [0.717, 1.165) is 18.2 Å². The van der Waals surface area contributed by atoms with Crippen LogP contribution >= 0.6 is 11.6 Å². The summed E-state index contributed by atoms with van der Waals surface area (Å²) in [5.41, 5.74) is 1.02. The zero-order chi connectivity index (χ0) is 26.3. The summed E-state index contributed by atoms with van der Waals surface area (Å²) in [6, 6.07) is 7.21. The zero-order valence-corrected chi connectivity index (χ0v) is 21.5. The van der Waals surface area contributed by atoms with Crippen molar-refractivity contribution in [2.45, 2.75) is 44.0 Å². The van der Waals surface area contributed by atoms with Crippen molar-refractivity contribution in [3.63, 3.8) is 0 Å². The van der Waals surface area contributed by atoms with Crippen molar-refractivity contribution in [3.05, 3.63) is 59.2 Å². The maximum absolute atomic E-state index is 13.2. The van der Waals surface area contributed by atoms with Crippen molar-refractivity contribution in [2.75, 3.05) is 13.1 Å². The number of furan rings is 1. The highest BCUT2D eigenvalue weighted by Gasteiger charge is 2.24. The van der Waals surface area contributed by atoms with E-state index in [1.165, 1.54) is 6.07 Å². The fraction of sp³-hybridized carbons (Fsp3) is 0.375. The number of carbonyl (C=O) groups is 2. The smallest absolute Gasteiger partial charge is 0.287 e. The highest BCUT2D eigenvalue weighted by atomic mass is 35.5. The lowest BCUT2D eigenvalue weighted by Gasteiger charge is -2.19. The van der Waals surface area contributed by atoms with Crippen molar-refractivity contribution >= 4 is 44.5 Å². The van der Waals surface area contributed by atoms with E-state index >= 15 is 0 Å². The molecule has 36 heavy (non-hydrogen) atoms. The van der Waals surface area contributed by atoms with Gasteiger partial charge in [0.15, 0.2) is 11.3 Å². The number of fused-ring (bicyclic) bond motifs is 1. The maximum Gasteiger partial charge on any atom is 0.287 e. The molecular formula is C24H28ClFN4O5S. The van der Waals surface area contributed by atoms with Gasteiger partial charge >= 0.3 is 0 Å². The monoisotopic (exact) mass is 538 g/mol. The summed E-state index contributed by atoms with van der Waals surface area (Å²) in [6.45, 7) is 4.28. The van der Waals surface area contributed by atoms with Crippen LogP contribution in [0.15, 0.2) is 51.9 Å². The number of carbonyl (C=O) groups excluding carboxylic acids is 2. The molecule has 9 nitrogen and oxygen atoms in total. The van der Waals surface area contributed by atoms with Crippen LogP contribution < -0.4 is 15.4 Å².